The van der Waals surface area contributed by atoms with Gasteiger partial charge in [-0.05, 0) is 41.6 Å². The number of thiophene rings is 1. The van der Waals surface area contributed by atoms with Crippen LogP contribution in [0.5, 0.6) is 0 Å². The molecule has 0 aliphatic heterocycles. The second kappa shape index (κ2) is 6.41. The van der Waals surface area contributed by atoms with Crippen LogP contribution in [0.3, 0.4) is 0 Å². The van der Waals surface area contributed by atoms with Gasteiger partial charge in [0, 0.05) is 4.70 Å². The van der Waals surface area contributed by atoms with Gasteiger partial charge in [0.25, 0.3) is 5.91 Å². The summed E-state index contributed by atoms with van der Waals surface area (Å²) >= 11 is 1.26. The van der Waals surface area contributed by atoms with Crippen molar-refractivity contribution >= 4 is 33.2 Å². The van der Waals surface area contributed by atoms with Crippen LogP contribution in [-0.2, 0) is 4.79 Å². The van der Waals surface area contributed by atoms with Gasteiger partial charge < -0.3 is 11.1 Å². The third kappa shape index (κ3) is 3.00. The number of carbonyl (C=O) groups excluding carboxylic acids is 2. The lowest BCUT2D eigenvalue weighted by Crippen LogP contribution is -2.37. The number of amides is 2. The van der Waals surface area contributed by atoms with E-state index >= 15 is 0 Å². The molecule has 122 valence electrons. The number of nitrogens with one attached hydrogen (secondary N) is 1. The quantitative estimate of drug-likeness (QED) is 0.763. The first-order chi connectivity index (χ1) is 11.5. The average molecular weight is 342 g/mol. The smallest absolute Gasteiger partial charge is 0.262 e. The minimum absolute atomic E-state index is 0.352. The number of hydrogen-bond acceptors (Lipinski definition) is 3. The fourth-order valence-corrected chi connectivity index (χ4v) is 3.66. The fraction of sp³-hybridized carbons (Fsp3) is 0.111. The Morgan fingerprint density at radius 2 is 1.88 bits per heavy atom. The molecule has 1 aromatic heterocycles. The van der Waals surface area contributed by atoms with Gasteiger partial charge >= 0.3 is 0 Å². The van der Waals surface area contributed by atoms with Crippen molar-refractivity contribution < 1.29 is 14.0 Å². The van der Waals surface area contributed by atoms with Crippen molar-refractivity contribution in [2.45, 2.75) is 13.0 Å². The molecule has 3 N–H and O–H groups in total. The molecule has 0 aliphatic carbocycles. The Bertz CT molecular complexity index is 921. The summed E-state index contributed by atoms with van der Waals surface area (Å²) in [6.07, 6.45) is 0. The summed E-state index contributed by atoms with van der Waals surface area (Å²) in [6, 6.07) is 12.3. The molecule has 0 aliphatic rings. The Labute approximate surface area is 142 Å². The highest BCUT2D eigenvalue weighted by Gasteiger charge is 2.23. The molecule has 0 fully saturated rings. The Morgan fingerprint density at radius 1 is 1.17 bits per heavy atom. The zero-order valence-electron chi connectivity index (χ0n) is 12.9. The van der Waals surface area contributed by atoms with Crippen LogP contribution in [0.15, 0.2) is 48.5 Å². The van der Waals surface area contributed by atoms with E-state index in [1.165, 1.54) is 23.5 Å². The summed E-state index contributed by atoms with van der Waals surface area (Å²) in [5.41, 5.74) is 6.73. The van der Waals surface area contributed by atoms with E-state index in [1.807, 2.05) is 6.07 Å². The molecule has 0 saturated heterocycles. The highest BCUT2D eigenvalue weighted by molar-refractivity contribution is 7.21. The highest BCUT2D eigenvalue weighted by Crippen LogP contribution is 2.31. The minimum Gasteiger partial charge on any atom is -0.368 e. The van der Waals surface area contributed by atoms with Crippen molar-refractivity contribution in [3.05, 3.63) is 70.4 Å². The van der Waals surface area contributed by atoms with Gasteiger partial charge in [0.15, 0.2) is 0 Å². The molecule has 0 saturated carbocycles. The summed E-state index contributed by atoms with van der Waals surface area (Å²) in [4.78, 5) is 24.8. The number of hydrogen-bond donors (Lipinski definition) is 2. The van der Waals surface area contributed by atoms with Crippen molar-refractivity contribution in [2.24, 2.45) is 5.73 Å². The van der Waals surface area contributed by atoms with Crippen LogP contribution in [0.1, 0.15) is 26.8 Å². The molecule has 1 unspecified atom stereocenters. The van der Waals surface area contributed by atoms with E-state index in [0.29, 0.717) is 21.4 Å². The van der Waals surface area contributed by atoms with Crippen LogP contribution < -0.4 is 11.1 Å². The van der Waals surface area contributed by atoms with E-state index in [2.05, 4.69) is 5.32 Å². The number of nitrogens with two attached hydrogens (primary N) is 1. The van der Waals surface area contributed by atoms with Gasteiger partial charge in [-0.15, -0.1) is 11.3 Å². The summed E-state index contributed by atoms with van der Waals surface area (Å²) in [6.45, 7) is 1.76. The predicted octanol–water partition coefficient (Wildman–Crippen LogP) is 3.31. The molecular weight excluding hydrogens is 327 g/mol. The van der Waals surface area contributed by atoms with Gasteiger partial charge in [-0.3, -0.25) is 9.59 Å². The van der Waals surface area contributed by atoms with Crippen molar-refractivity contribution in [3.8, 4) is 0 Å². The summed E-state index contributed by atoms with van der Waals surface area (Å²) in [5.74, 6) is -1.39. The maximum atomic E-state index is 13.4. The lowest BCUT2D eigenvalue weighted by molar-refractivity contribution is -0.120. The number of halogens is 1. The summed E-state index contributed by atoms with van der Waals surface area (Å²) in [7, 11) is 0. The largest absolute Gasteiger partial charge is 0.368 e. The zero-order valence-corrected chi connectivity index (χ0v) is 13.7. The third-order valence-electron chi connectivity index (χ3n) is 3.80. The molecule has 24 heavy (non-hydrogen) atoms. The lowest BCUT2D eigenvalue weighted by atomic mass is 10.1. The first-order valence-electron chi connectivity index (χ1n) is 7.31. The van der Waals surface area contributed by atoms with Crippen molar-refractivity contribution in [3.63, 3.8) is 0 Å². The second-order valence-corrected chi connectivity index (χ2v) is 6.47. The Morgan fingerprint density at radius 3 is 2.54 bits per heavy atom. The number of benzene rings is 2. The highest BCUT2D eigenvalue weighted by atomic mass is 32.1. The van der Waals surface area contributed by atoms with Crippen molar-refractivity contribution in [1.82, 2.24) is 5.32 Å². The molecule has 3 aromatic rings. The van der Waals surface area contributed by atoms with Crippen molar-refractivity contribution in [1.29, 1.82) is 0 Å². The van der Waals surface area contributed by atoms with E-state index in [0.717, 1.165) is 4.70 Å². The molecule has 0 spiro atoms. The molecule has 6 heteroatoms. The molecule has 1 atom stereocenters. The lowest BCUT2D eigenvalue weighted by Gasteiger charge is -2.15. The number of aryl methyl sites for hydroxylation is 1. The van der Waals surface area contributed by atoms with Crippen LogP contribution >= 0.6 is 11.3 Å². The molecule has 0 bridgehead atoms. The maximum absolute atomic E-state index is 13.4. The van der Waals surface area contributed by atoms with Gasteiger partial charge in [0.2, 0.25) is 5.91 Å². The van der Waals surface area contributed by atoms with Gasteiger partial charge in [-0.25, -0.2) is 4.39 Å². The topological polar surface area (TPSA) is 72.2 Å². The normalized spacial score (nSPS) is 12.1. The zero-order chi connectivity index (χ0) is 17.3. The predicted molar refractivity (Wildman–Crippen MR) is 92.4 cm³/mol. The van der Waals surface area contributed by atoms with Crippen molar-refractivity contribution in [2.75, 3.05) is 0 Å². The number of rotatable bonds is 4. The van der Waals surface area contributed by atoms with E-state index in [-0.39, 0.29) is 5.82 Å². The van der Waals surface area contributed by atoms with Gasteiger partial charge in [0.1, 0.15) is 11.9 Å². The molecule has 2 amide bonds. The van der Waals surface area contributed by atoms with Crippen LogP contribution in [0.4, 0.5) is 4.39 Å². The first-order valence-corrected chi connectivity index (χ1v) is 8.13. The third-order valence-corrected chi connectivity index (χ3v) is 5.07. The Hall–Kier alpha value is -2.73. The van der Waals surface area contributed by atoms with E-state index in [9.17, 15) is 14.0 Å². The van der Waals surface area contributed by atoms with Crippen LogP contribution in [-0.4, -0.2) is 11.8 Å². The van der Waals surface area contributed by atoms with E-state index < -0.39 is 17.9 Å². The second-order valence-electron chi connectivity index (χ2n) is 5.42. The summed E-state index contributed by atoms with van der Waals surface area (Å²) < 4.78 is 14.2. The number of fused-ring (bicyclic) bond motifs is 1. The van der Waals surface area contributed by atoms with Crippen LogP contribution in [0.25, 0.3) is 10.1 Å². The summed E-state index contributed by atoms with van der Waals surface area (Å²) in [5, 5.41) is 3.36. The molecule has 3 rings (SSSR count). The monoisotopic (exact) mass is 342 g/mol. The van der Waals surface area contributed by atoms with Gasteiger partial charge in [-0.2, -0.15) is 0 Å². The molecule has 4 nitrogen and oxygen atoms in total. The van der Waals surface area contributed by atoms with Gasteiger partial charge in [-0.1, -0.05) is 30.3 Å². The van der Waals surface area contributed by atoms with E-state index in [1.54, 1.807) is 37.3 Å². The van der Waals surface area contributed by atoms with Crippen LogP contribution in [0.2, 0.25) is 0 Å². The Kier molecular flexibility index (Phi) is 4.31. The van der Waals surface area contributed by atoms with E-state index in [4.69, 9.17) is 5.73 Å². The first kappa shape index (κ1) is 16.1. The maximum Gasteiger partial charge on any atom is 0.262 e. The fourth-order valence-electron chi connectivity index (χ4n) is 2.57. The standard InChI is InChI=1S/C18H15FN2O2S/c1-10-13-9-12(19)7-8-14(13)24-16(10)18(23)21-15(17(20)22)11-5-3-2-4-6-11/h2-9,15H,1H3,(H2,20,22)(H,21,23). The average Bonchev–Trinajstić information content (AvgIpc) is 2.89. The number of carbonyl (C=O) groups is 2. The molecule has 2 aromatic carbocycles. The number of primary amides is 1. The van der Waals surface area contributed by atoms with Gasteiger partial charge in [0.05, 0.1) is 4.88 Å². The molecular formula is C18H15FN2O2S. The molecule has 1 heterocycles. The molecule has 0 radical (unpaired) electrons. The van der Waals surface area contributed by atoms with Crippen LogP contribution in [0, 0.1) is 12.7 Å². The SMILES string of the molecule is Cc1c(C(=O)NC(C(N)=O)c2ccccc2)sc2ccc(F)cc12. The Balaban J connectivity index is 1.94. The minimum atomic E-state index is -0.917.